The molecule has 0 saturated heterocycles. The van der Waals surface area contributed by atoms with Gasteiger partial charge in [0.2, 0.25) is 0 Å². The van der Waals surface area contributed by atoms with Crippen LogP contribution in [-0.2, 0) is 0 Å². The van der Waals surface area contributed by atoms with E-state index < -0.39 is 0 Å². The summed E-state index contributed by atoms with van der Waals surface area (Å²) in [7, 11) is 0. The zero-order valence-electron chi connectivity index (χ0n) is 8.75. The van der Waals surface area contributed by atoms with Crippen molar-refractivity contribution in [3.05, 3.63) is 11.6 Å². The third-order valence-electron chi connectivity index (χ3n) is 2.06. The van der Waals surface area contributed by atoms with Crippen LogP contribution in [0.2, 0.25) is 0 Å². The number of thioether (sulfide) groups is 3. The van der Waals surface area contributed by atoms with Gasteiger partial charge in [-0.25, -0.2) is 0 Å². The minimum Gasteiger partial charge on any atom is -0.506 e. The number of hydrogen-bond acceptors (Lipinski definition) is 4. The smallest absolute Gasteiger partial charge is 0.143 e. The first-order valence-electron chi connectivity index (χ1n) is 4.14. The van der Waals surface area contributed by atoms with Gasteiger partial charge in [-0.05, 0) is 37.3 Å². The summed E-state index contributed by atoms with van der Waals surface area (Å²) in [6.45, 7) is 2.06. The van der Waals surface area contributed by atoms with Crippen LogP contribution in [0.5, 0.6) is 5.75 Å². The number of phenolic OH excluding ortho intramolecular Hbond substituents is 1. The van der Waals surface area contributed by atoms with Crippen molar-refractivity contribution in [2.45, 2.75) is 21.6 Å². The molecule has 1 aromatic rings. The highest BCUT2D eigenvalue weighted by atomic mass is 32.2. The Morgan fingerprint density at radius 1 is 1.00 bits per heavy atom. The van der Waals surface area contributed by atoms with E-state index in [1.165, 1.54) is 10.5 Å². The van der Waals surface area contributed by atoms with Gasteiger partial charge in [-0.2, -0.15) is 0 Å². The topological polar surface area (TPSA) is 20.2 Å². The molecule has 0 atom stereocenters. The molecule has 78 valence electrons. The van der Waals surface area contributed by atoms with Gasteiger partial charge in [0, 0.05) is 4.90 Å². The van der Waals surface area contributed by atoms with E-state index in [0.717, 1.165) is 9.79 Å². The highest BCUT2D eigenvalue weighted by molar-refractivity contribution is 8.00. The van der Waals surface area contributed by atoms with Crippen LogP contribution in [0.1, 0.15) is 5.56 Å². The zero-order chi connectivity index (χ0) is 10.7. The Labute approximate surface area is 98.1 Å². The van der Waals surface area contributed by atoms with E-state index in [4.69, 9.17) is 0 Å². The molecule has 0 radical (unpaired) electrons. The average Bonchev–Trinajstić information content (AvgIpc) is 2.19. The molecule has 0 spiro atoms. The van der Waals surface area contributed by atoms with Crippen molar-refractivity contribution >= 4 is 35.3 Å². The molecule has 0 unspecified atom stereocenters. The summed E-state index contributed by atoms with van der Waals surface area (Å²) >= 11 is 4.92. The lowest BCUT2D eigenvalue weighted by Gasteiger charge is -2.13. The number of benzene rings is 1. The fourth-order valence-corrected chi connectivity index (χ4v) is 3.41. The van der Waals surface area contributed by atoms with Gasteiger partial charge in [-0.3, -0.25) is 0 Å². The van der Waals surface area contributed by atoms with Gasteiger partial charge in [-0.1, -0.05) is 0 Å². The molecule has 0 heterocycles. The van der Waals surface area contributed by atoms with E-state index in [-0.39, 0.29) is 0 Å². The molecule has 0 aliphatic carbocycles. The SMILES string of the molecule is CSc1cc(SC)c(O)c(SC)c1C. The van der Waals surface area contributed by atoms with E-state index in [0.29, 0.717) is 5.75 Å². The third kappa shape index (κ3) is 2.18. The quantitative estimate of drug-likeness (QED) is 0.817. The predicted molar refractivity (Wildman–Crippen MR) is 68.2 cm³/mol. The molecule has 1 aromatic carbocycles. The van der Waals surface area contributed by atoms with E-state index in [2.05, 4.69) is 19.2 Å². The number of aromatic hydroxyl groups is 1. The molecule has 0 aliphatic heterocycles. The van der Waals surface area contributed by atoms with Crippen molar-refractivity contribution in [2.75, 3.05) is 18.8 Å². The van der Waals surface area contributed by atoms with Gasteiger partial charge in [-0.15, -0.1) is 35.3 Å². The van der Waals surface area contributed by atoms with Crippen molar-refractivity contribution in [2.24, 2.45) is 0 Å². The van der Waals surface area contributed by atoms with Gasteiger partial charge >= 0.3 is 0 Å². The van der Waals surface area contributed by atoms with Gasteiger partial charge in [0.25, 0.3) is 0 Å². The van der Waals surface area contributed by atoms with Crippen molar-refractivity contribution in [3.8, 4) is 5.75 Å². The Morgan fingerprint density at radius 2 is 1.57 bits per heavy atom. The molecular weight excluding hydrogens is 232 g/mol. The van der Waals surface area contributed by atoms with Crippen molar-refractivity contribution in [1.82, 2.24) is 0 Å². The maximum atomic E-state index is 9.94. The van der Waals surface area contributed by atoms with Gasteiger partial charge in [0.05, 0.1) is 9.79 Å². The molecule has 14 heavy (non-hydrogen) atoms. The van der Waals surface area contributed by atoms with E-state index in [1.807, 2.05) is 12.5 Å². The largest absolute Gasteiger partial charge is 0.506 e. The van der Waals surface area contributed by atoms with Crippen LogP contribution < -0.4 is 0 Å². The summed E-state index contributed by atoms with van der Waals surface area (Å²) in [5, 5.41) is 9.94. The van der Waals surface area contributed by atoms with Crippen LogP contribution in [0.25, 0.3) is 0 Å². The van der Waals surface area contributed by atoms with Gasteiger partial charge in [0.15, 0.2) is 0 Å². The first-order chi connectivity index (χ1) is 6.65. The average molecular weight is 246 g/mol. The van der Waals surface area contributed by atoms with Crippen LogP contribution in [0.15, 0.2) is 20.8 Å². The summed E-state index contributed by atoms with van der Waals surface area (Å²) in [6.07, 6.45) is 6.04. The summed E-state index contributed by atoms with van der Waals surface area (Å²) in [5.74, 6) is 0.431. The Kier molecular flexibility index (Phi) is 4.54. The lowest BCUT2D eigenvalue weighted by atomic mass is 10.2. The molecule has 1 N–H and O–H groups in total. The highest BCUT2D eigenvalue weighted by Gasteiger charge is 2.12. The maximum Gasteiger partial charge on any atom is 0.143 e. The Morgan fingerprint density at radius 3 is 2.00 bits per heavy atom. The van der Waals surface area contributed by atoms with E-state index >= 15 is 0 Å². The van der Waals surface area contributed by atoms with E-state index in [9.17, 15) is 5.11 Å². The molecule has 0 aromatic heterocycles. The number of rotatable bonds is 3. The molecule has 0 aliphatic rings. The molecule has 1 rings (SSSR count). The standard InChI is InChI=1S/C10H14OS3/c1-6-7(12-2)5-8(13-3)9(11)10(6)14-4/h5,11H,1-4H3. The second kappa shape index (κ2) is 5.24. The molecule has 0 amide bonds. The van der Waals surface area contributed by atoms with Crippen LogP contribution in [-0.4, -0.2) is 23.9 Å². The molecular formula is C10H14OS3. The number of hydrogen-bond donors (Lipinski definition) is 1. The Balaban J connectivity index is 3.39. The van der Waals surface area contributed by atoms with Crippen LogP contribution in [0.3, 0.4) is 0 Å². The second-order valence-electron chi connectivity index (χ2n) is 2.79. The Hall–Kier alpha value is 0.0700. The molecule has 4 heteroatoms. The van der Waals surface area contributed by atoms with E-state index in [1.54, 1.807) is 35.3 Å². The third-order valence-corrected chi connectivity index (χ3v) is 4.59. The first-order valence-corrected chi connectivity index (χ1v) is 7.81. The van der Waals surface area contributed by atoms with Crippen molar-refractivity contribution < 1.29 is 5.11 Å². The predicted octanol–water partition coefficient (Wildman–Crippen LogP) is 3.87. The lowest BCUT2D eigenvalue weighted by Crippen LogP contribution is -1.87. The zero-order valence-corrected chi connectivity index (χ0v) is 11.2. The fraction of sp³-hybridized carbons (Fsp3) is 0.400. The van der Waals surface area contributed by atoms with Crippen molar-refractivity contribution in [1.29, 1.82) is 0 Å². The molecule has 0 fully saturated rings. The monoisotopic (exact) mass is 246 g/mol. The minimum atomic E-state index is 0.431. The summed E-state index contributed by atoms with van der Waals surface area (Å²) < 4.78 is 0. The molecule has 1 nitrogen and oxygen atoms in total. The second-order valence-corrected chi connectivity index (χ2v) is 5.30. The minimum absolute atomic E-state index is 0.431. The van der Waals surface area contributed by atoms with Crippen LogP contribution in [0, 0.1) is 6.92 Å². The first kappa shape index (κ1) is 12.1. The summed E-state index contributed by atoms with van der Waals surface area (Å²) in [6, 6.07) is 2.06. The fourth-order valence-electron chi connectivity index (χ4n) is 1.31. The maximum absolute atomic E-state index is 9.94. The molecule has 0 saturated carbocycles. The van der Waals surface area contributed by atoms with Crippen LogP contribution >= 0.6 is 35.3 Å². The Bertz CT molecular complexity index is 308. The summed E-state index contributed by atoms with van der Waals surface area (Å²) in [4.78, 5) is 3.21. The lowest BCUT2D eigenvalue weighted by molar-refractivity contribution is 0.447. The number of phenols is 1. The van der Waals surface area contributed by atoms with Crippen molar-refractivity contribution in [3.63, 3.8) is 0 Å². The normalized spacial score (nSPS) is 10.6. The van der Waals surface area contributed by atoms with Gasteiger partial charge < -0.3 is 5.11 Å². The summed E-state index contributed by atoms with van der Waals surface area (Å²) in [5.41, 5.74) is 1.18. The van der Waals surface area contributed by atoms with Gasteiger partial charge in [0.1, 0.15) is 5.75 Å². The highest BCUT2D eigenvalue weighted by Crippen LogP contribution is 2.41. The van der Waals surface area contributed by atoms with Crippen LogP contribution in [0.4, 0.5) is 0 Å². The molecule has 0 bridgehead atoms.